The van der Waals surface area contributed by atoms with Crippen LogP contribution in [0.2, 0.25) is 0 Å². The third-order valence-electron chi connectivity index (χ3n) is 3.28. The number of halogens is 1. The van der Waals surface area contributed by atoms with Gasteiger partial charge in [0.05, 0.1) is 5.56 Å². The second kappa shape index (κ2) is 5.27. The van der Waals surface area contributed by atoms with Crippen LogP contribution in [0, 0.1) is 5.82 Å². The van der Waals surface area contributed by atoms with E-state index in [1.54, 1.807) is 24.1 Å². The quantitative estimate of drug-likeness (QED) is 0.846. The van der Waals surface area contributed by atoms with Crippen LogP contribution in [0.3, 0.4) is 0 Å². The number of carbonyl (C=O) groups is 1. The lowest BCUT2D eigenvalue weighted by atomic mass is 10.0. The van der Waals surface area contributed by atoms with E-state index < -0.39 is 5.82 Å². The average Bonchev–Trinajstić information content (AvgIpc) is 2.39. The van der Waals surface area contributed by atoms with Gasteiger partial charge in [0.25, 0.3) is 5.91 Å². The number of carbonyl (C=O) groups excluding carboxylic acids is 1. The van der Waals surface area contributed by atoms with Gasteiger partial charge in [0.1, 0.15) is 5.82 Å². The zero-order valence-corrected chi connectivity index (χ0v) is 9.95. The molecule has 1 aliphatic heterocycles. The Morgan fingerprint density at radius 2 is 2.00 bits per heavy atom. The van der Waals surface area contributed by atoms with Crippen LogP contribution < -0.4 is 5.32 Å². The van der Waals surface area contributed by atoms with Crippen LogP contribution in [0.1, 0.15) is 23.2 Å². The summed E-state index contributed by atoms with van der Waals surface area (Å²) in [5.41, 5.74) is 0.161. The number of benzene rings is 1. The molecule has 0 spiro atoms. The zero-order chi connectivity index (χ0) is 12.3. The number of nitrogens with zero attached hydrogens (tertiary/aromatic N) is 1. The van der Waals surface area contributed by atoms with Gasteiger partial charge in [0, 0.05) is 13.1 Å². The normalized spacial score (nSPS) is 16.8. The molecule has 1 saturated heterocycles. The van der Waals surface area contributed by atoms with E-state index >= 15 is 0 Å². The Hall–Kier alpha value is -1.42. The van der Waals surface area contributed by atoms with Crippen molar-refractivity contribution in [2.45, 2.75) is 18.9 Å². The molecule has 1 aromatic carbocycles. The van der Waals surface area contributed by atoms with Gasteiger partial charge in [-0.15, -0.1) is 0 Å². The van der Waals surface area contributed by atoms with Gasteiger partial charge >= 0.3 is 0 Å². The highest BCUT2D eigenvalue weighted by Crippen LogP contribution is 2.15. The molecule has 0 bridgehead atoms. The molecule has 17 heavy (non-hydrogen) atoms. The summed E-state index contributed by atoms with van der Waals surface area (Å²) in [7, 11) is 1.75. The van der Waals surface area contributed by atoms with E-state index in [2.05, 4.69) is 5.32 Å². The summed E-state index contributed by atoms with van der Waals surface area (Å²) in [5.74, 6) is -0.673. The first kappa shape index (κ1) is 12.0. The lowest BCUT2D eigenvalue weighted by Crippen LogP contribution is -2.44. The topological polar surface area (TPSA) is 32.3 Å². The summed E-state index contributed by atoms with van der Waals surface area (Å²) in [4.78, 5) is 13.8. The first-order valence-electron chi connectivity index (χ1n) is 5.92. The van der Waals surface area contributed by atoms with Crippen molar-refractivity contribution in [1.82, 2.24) is 10.2 Å². The molecule has 0 radical (unpaired) electrons. The maximum absolute atomic E-state index is 13.5. The summed E-state index contributed by atoms with van der Waals surface area (Å²) >= 11 is 0. The molecule has 1 aliphatic rings. The average molecular weight is 236 g/mol. The summed E-state index contributed by atoms with van der Waals surface area (Å²) in [6.45, 7) is 1.83. The Bertz CT molecular complexity index is 402. The Morgan fingerprint density at radius 1 is 1.35 bits per heavy atom. The van der Waals surface area contributed by atoms with E-state index in [1.165, 1.54) is 12.1 Å². The summed E-state index contributed by atoms with van der Waals surface area (Å²) in [6, 6.07) is 6.35. The molecule has 1 fully saturated rings. The van der Waals surface area contributed by atoms with Crippen LogP contribution in [-0.2, 0) is 0 Å². The van der Waals surface area contributed by atoms with Crippen molar-refractivity contribution < 1.29 is 9.18 Å². The molecule has 4 heteroatoms. The van der Waals surface area contributed by atoms with Gasteiger partial charge in [-0.05, 0) is 38.1 Å². The van der Waals surface area contributed by atoms with E-state index in [4.69, 9.17) is 0 Å². The molecule has 0 aliphatic carbocycles. The molecule has 2 rings (SSSR count). The highest BCUT2D eigenvalue weighted by molar-refractivity contribution is 5.94. The molecule has 0 atom stereocenters. The van der Waals surface area contributed by atoms with E-state index in [1.807, 2.05) is 0 Å². The molecule has 0 unspecified atom stereocenters. The number of amides is 1. The third kappa shape index (κ3) is 2.64. The van der Waals surface area contributed by atoms with Crippen molar-refractivity contribution in [3.63, 3.8) is 0 Å². The lowest BCUT2D eigenvalue weighted by Gasteiger charge is -2.31. The molecule has 3 nitrogen and oxygen atoms in total. The van der Waals surface area contributed by atoms with Gasteiger partial charge in [-0.3, -0.25) is 4.79 Å². The fourth-order valence-electron chi connectivity index (χ4n) is 2.18. The van der Waals surface area contributed by atoms with E-state index in [-0.39, 0.29) is 17.5 Å². The van der Waals surface area contributed by atoms with Gasteiger partial charge < -0.3 is 10.2 Å². The predicted octanol–water partition coefficient (Wildman–Crippen LogP) is 1.65. The van der Waals surface area contributed by atoms with Crippen molar-refractivity contribution >= 4 is 5.91 Å². The third-order valence-corrected chi connectivity index (χ3v) is 3.28. The molecule has 92 valence electrons. The van der Waals surface area contributed by atoms with E-state index in [9.17, 15) is 9.18 Å². The molecule has 0 saturated carbocycles. The minimum Gasteiger partial charge on any atom is -0.339 e. The van der Waals surface area contributed by atoms with Crippen molar-refractivity contribution in [1.29, 1.82) is 0 Å². The fraction of sp³-hybridized carbons (Fsp3) is 0.462. The first-order chi connectivity index (χ1) is 8.20. The summed E-state index contributed by atoms with van der Waals surface area (Å²) in [6.07, 6.45) is 1.85. The second-order valence-electron chi connectivity index (χ2n) is 4.38. The monoisotopic (exact) mass is 236 g/mol. The number of hydrogen-bond acceptors (Lipinski definition) is 2. The molecule has 1 N–H and O–H groups in total. The van der Waals surface area contributed by atoms with E-state index in [0.717, 1.165) is 25.9 Å². The van der Waals surface area contributed by atoms with Crippen LogP contribution in [0.15, 0.2) is 24.3 Å². The van der Waals surface area contributed by atoms with Crippen LogP contribution in [0.4, 0.5) is 4.39 Å². The Labute approximate surface area is 101 Å². The molecular formula is C13H17FN2O. The Balaban J connectivity index is 2.11. The maximum Gasteiger partial charge on any atom is 0.256 e. The maximum atomic E-state index is 13.5. The Kier molecular flexibility index (Phi) is 3.74. The van der Waals surface area contributed by atoms with Crippen LogP contribution in [0.5, 0.6) is 0 Å². The second-order valence-corrected chi connectivity index (χ2v) is 4.38. The number of hydrogen-bond donors (Lipinski definition) is 1. The Morgan fingerprint density at radius 3 is 2.65 bits per heavy atom. The zero-order valence-electron chi connectivity index (χ0n) is 9.95. The lowest BCUT2D eigenvalue weighted by molar-refractivity contribution is 0.0698. The highest BCUT2D eigenvalue weighted by Gasteiger charge is 2.24. The minimum atomic E-state index is -0.446. The number of nitrogens with one attached hydrogen (secondary N) is 1. The molecule has 1 aromatic rings. The largest absolute Gasteiger partial charge is 0.339 e. The van der Waals surface area contributed by atoms with Gasteiger partial charge in [-0.25, -0.2) is 4.39 Å². The number of rotatable bonds is 2. The van der Waals surface area contributed by atoms with Gasteiger partial charge in [0.15, 0.2) is 0 Å². The SMILES string of the molecule is CN(C(=O)c1ccccc1F)C1CCNCC1. The smallest absolute Gasteiger partial charge is 0.256 e. The van der Waals surface area contributed by atoms with Crippen LogP contribution >= 0.6 is 0 Å². The summed E-state index contributed by atoms with van der Waals surface area (Å²) in [5, 5.41) is 3.25. The molecular weight excluding hydrogens is 219 g/mol. The summed E-state index contributed by atoms with van der Waals surface area (Å²) < 4.78 is 13.5. The molecule has 1 heterocycles. The van der Waals surface area contributed by atoms with Crippen LogP contribution in [-0.4, -0.2) is 37.0 Å². The van der Waals surface area contributed by atoms with Gasteiger partial charge in [-0.2, -0.15) is 0 Å². The minimum absolute atomic E-state index is 0.161. The standard InChI is InChI=1S/C13H17FN2O/c1-16(10-6-8-15-9-7-10)13(17)11-4-2-3-5-12(11)14/h2-5,10,15H,6-9H2,1H3. The van der Waals surface area contributed by atoms with E-state index in [0.29, 0.717) is 0 Å². The van der Waals surface area contributed by atoms with Gasteiger partial charge in [0.2, 0.25) is 0 Å². The fourth-order valence-corrected chi connectivity index (χ4v) is 2.18. The van der Waals surface area contributed by atoms with Gasteiger partial charge in [-0.1, -0.05) is 12.1 Å². The predicted molar refractivity (Wildman–Crippen MR) is 64.4 cm³/mol. The first-order valence-corrected chi connectivity index (χ1v) is 5.92. The number of piperidine rings is 1. The van der Waals surface area contributed by atoms with Crippen molar-refractivity contribution in [3.05, 3.63) is 35.6 Å². The highest BCUT2D eigenvalue weighted by atomic mass is 19.1. The van der Waals surface area contributed by atoms with Crippen molar-refractivity contribution in [2.75, 3.05) is 20.1 Å². The molecule has 1 amide bonds. The molecule has 0 aromatic heterocycles. The van der Waals surface area contributed by atoms with Crippen LogP contribution in [0.25, 0.3) is 0 Å². The van der Waals surface area contributed by atoms with Crippen molar-refractivity contribution in [3.8, 4) is 0 Å². The van der Waals surface area contributed by atoms with Crippen molar-refractivity contribution in [2.24, 2.45) is 0 Å².